The second-order valence-corrected chi connectivity index (χ2v) is 5.00. The molecule has 0 aliphatic carbocycles. The summed E-state index contributed by atoms with van der Waals surface area (Å²) in [6, 6.07) is 5.39. The molecule has 0 spiro atoms. The Kier molecular flexibility index (Phi) is 6.31. The van der Waals surface area contributed by atoms with Gasteiger partial charge in [0.2, 0.25) is 0 Å². The number of hydrogen-bond acceptors (Lipinski definition) is 3. The predicted octanol–water partition coefficient (Wildman–Crippen LogP) is 2.79. The number of anilines is 1. The molecule has 0 unspecified atom stereocenters. The van der Waals surface area contributed by atoms with Crippen LogP contribution in [0.1, 0.15) is 24.8 Å². The Morgan fingerprint density at radius 2 is 1.80 bits per heavy atom. The summed E-state index contributed by atoms with van der Waals surface area (Å²) in [6.07, 6.45) is 0.544. The highest BCUT2D eigenvalue weighted by molar-refractivity contribution is 6.30. The van der Waals surface area contributed by atoms with Crippen LogP contribution in [-0.2, 0) is 9.59 Å². The van der Waals surface area contributed by atoms with Crippen molar-refractivity contribution in [1.29, 1.82) is 0 Å². The van der Waals surface area contributed by atoms with E-state index in [4.69, 9.17) is 21.8 Å². The van der Waals surface area contributed by atoms with Gasteiger partial charge in [-0.25, -0.2) is 0 Å². The number of nitrogens with zero attached hydrogens (tertiary/aromatic N) is 1. The number of hydrogen-bond donors (Lipinski definition) is 2. The van der Waals surface area contributed by atoms with Crippen LogP contribution in [0.4, 0.5) is 5.69 Å². The highest BCUT2D eigenvalue weighted by atomic mass is 35.5. The smallest absolute Gasteiger partial charge is 0.305 e. The summed E-state index contributed by atoms with van der Waals surface area (Å²) in [7, 11) is 0. The second-order valence-electron chi connectivity index (χ2n) is 4.56. The molecule has 0 bridgehead atoms. The minimum atomic E-state index is -0.875. The number of benzene rings is 1. The maximum Gasteiger partial charge on any atom is 0.305 e. The molecular weight excluding hydrogens is 282 g/mol. The van der Waals surface area contributed by atoms with Gasteiger partial charge in [0.25, 0.3) is 0 Å². The molecule has 0 aromatic heterocycles. The Morgan fingerprint density at radius 1 is 1.15 bits per heavy atom. The summed E-state index contributed by atoms with van der Waals surface area (Å²) in [5, 5.41) is 18.1. The van der Waals surface area contributed by atoms with Crippen LogP contribution in [0.25, 0.3) is 0 Å². The number of aryl methyl sites for hydroxylation is 1. The third kappa shape index (κ3) is 5.48. The second kappa shape index (κ2) is 7.75. The Balaban J connectivity index is 2.79. The SMILES string of the molecule is Cc1cc(Cl)ccc1N(CCCC(=O)O)CCC(=O)O. The lowest BCUT2D eigenvalue weighted by molar-refractivity contribution is -0.138. The lowest BCUT2D eigenvalue weighted by Crippen LogP contribution is -2.28. The molecule has 20 heavy (non-hydrogen) atoms. The van der Waals surface area contributed by atoms with Crippen LogP contribution < -0.4 is 4.90 Å². The molecular formula is C14H18ClNO4. The Labute approximate surface area is 122 Å². The first kappa shape index (κ1) is 16.3. The maximum atomic E-state index is 10.7. The van der Waals surface area contributed by atoms with Crippen molar-refractivity contribution < 1.29 is 19.8 Å². The predicted molar refractivity (Wildman–Crippen MR) is 77.5 cm³/mol. The van der Waals surface area contributed by atoms with Crippen LogP contribution in [0.15, 0.2) is 18.2 Å². The molecule has 1 aromatic rings. The molecule has 0 aliphatic heterocycles. The van der Waals surface area contributed by atoms with Gasteiger partial charge in [0.15, 0.2) is 0 Å². The van der Waals surface area contributed by atoms with Gasteiger partial charge in [0.05, 0.1) is 6.42 Å². The fourth-order valence-corrected chi connectivity index (χ4v) is 2.20. The quantitative estimate of drug-likeness (QED) is 0.772. The van der Waals surface area contributed by atoms with E-state index in [0.717, 1.165) is 11.3 Å². The number of halogens is 1. The third-order valence-electron chi connectivity index (χ3n) is 2.91. The Hall–Kier alpha value is -1.75. The maximum absolute atomic E-state index is 10.7. The molecule has 2 N–H and O–H groups in total. The summed E-state index contributed by atoms with van der Waals surface area (Å²) in [5.41, 5.74) is 1.83. The third-order valence-corrected chi connectivity index (χ3v) is 3.15. The van der Waals surface area contributed by atoms with Crippen LogP contribution in [0, 0.1) is 6.92 Å². The van der Waals surface area contributed by atoms with Crippen molar-refractivity contribution in [3.8, 4) is 0 Å². The van der Waals surface area contributed by atoms with Crippen molar-refractivity contribution in [3.05, 3.63) is 28.8 Å². The molecule has 110 valence electrons. The highest BCUT2D eigenvalue weighted by Gasteiger charge is 2.12. The van der Waals surface area contributed by atoms with E-state index in [9.17, 15) is 9.59 Å². The van der Waals surface area contributed by atoms with Gasteiger partial charge in [-0.1, -0.05) is 11.6 Å². The van der Waals surface area contributed by atoms with Crippen LogP contribution in [0.2, 0.25) is 5.02 Å². The van der Waals surface area contributed by atoms with Crippen molar-refractivity contribution in [2.45, 2.75) is 26.2 Å². The van der Waals surface area contributed by atoms with Crippen molar-refractivity contribution in [2.75, 3.05) is 18.0 Å². The molecule has 0 fully saturated rings. The number of carboxylic acid groups (broad SMARTS) is 2. The topological polar surface area (TPSA) is 77.8 Å². The number of carbonyl (C=O) groups is 2. The zero-order valence-electron chi connectivity index (χ0n) is 11.3. The van der Waals surface area contributed by atoms with E-state index in [1.54, 1.807) is 6.07 Å². The number of rotatable bonds is 8. The van der Waals surface area contributed by atoms with Crippen LogP contribution in [-0.4, -0.2) is 35.2 Å². The van der Waals surface area contributed by atoms with E-state index in [0.29, 0.717) is 24.5 Å². The normalized spacial score (nSPS) is 10.3. The van der Waals surface area contributed by atoms with Crippen molar-refractivity contribution in [1.82, 2.24) is 0 Å². The lowest BCUT2D eigenvalue weighted by atomic mass is 10.1. The fraction of sp³-hybridized carbons (Fsp3) is 0.429. The van der Waals surface area contributed by atoms with Gasteiger partial charge in [-0.15, -0.1) is 0 Å². The Morgan fingerprint density at radius 3 is 2.35 bits per heavy atom. The molecule has 0 radical (unpaired) electrons. The minimum absolute atomic E-state index is 0.00907. The molecule has 0 saturated heterocycles. The summed E-state index contributed by atoms with van der Waals surface area (Å²) in [6.45, 7) is 2.74. The van der Waals surface area contributed by atoms with E-state index < -0.39 is 11.9 Å². The van der Waals surface area contributed by atoms with Gasteiger partial charge in [-0.3, -0.25) is 9.59 Å². The van der Waals surface area contributed by atoms with E-state index in [2.05, 4.69) is 0 Å². The summed E-state index contributed by atoms with van der Waals surface area (Å²) in [5.74, 6) is -1.73. The van der Waals surface area contributed by atoms with Gasteiger partial charge in [-0.05, 0) is 37.1 Å². The highest BCUT2D eigenvalue weighted by Crippen LogP contribution is 2.24. The standard InChI is InChI=1S/C14H18ClNO4/c1-10-9-11(15)4-5-12(10)16(8-6-14(19)20)7-2-3-13(17)18/h4-5,9H,2-3,6-8H2,1H3,(H,17,18)(H,19,20). The van der Waals surface area contributed by atoms with Gasteiger partial charge in [-0.2, -0.15) is 0 Å². The number of aliphatic carboxylic acids is 2. The van der Waals surface area contributed by atoms with E-state index >= 15 is 0 Å². The van der Waals surface area contributed by atoms with Crippen molar-refractivity contribution in [2.24, 2.45) is 0 Å². The largest absolute Gasteiger partial charge is 0.481 e. The van der Waals surface area contributed by atoms with Crippen LogP contribution in [0.5, 0.6) is 0 Å². The summed E-state index contributed by atoms with van der Waals surface area (Å²) < 4.78 is 0. The molecule has 1 rings (SSSR count). The molecule has 0 heterocycles. The molecule has 1 aromatic carbocycles. The molecule has 0 atom stereocenters. The molecule has 0 aliphatic rings. The van der Waals surface area contributed by atoms with E-state index in [1.807, 2.05) is 24.0 Å². The van der Waals surface area contributed by atoms with Gasteiger partial charge >= 0.3 is 11.9 Å². The minimum Gasteiger partial charge on any atom is -0.481 e. The monoisotopic (exact) mass is 299 g/mol. The van der Waals surface area contributed by atoms with E-state index in [-0.39, 0.29) is 12.8 Å². The summed E-state index contributed by atoms with van der Waals surface area (Å²) >= 11 is 5.90. The van der Waals surface area contributed by atoms with Crippen molar-refractivity contribution in [3.63, 3.8) is 0 Å². The van der Waals surface area contributed by atoms with Crippen LogP contribution in [0.3, 0.4) is 0 Å². The zero-order valence-corrected chi connectivity index (χ0v) is 12.1. The fourth-order valence-electron chi connectivity index (χ4n) is 1.98. The Bertz CT molecular complexity index is 490. The lowest BCUT2D eigenvalue weighted by Gasteiger charge is -2.26. The molecule has 0 amide bonds. The average Bonchev–Trinajstić information content (AvgIpc) is 2.33. The zero-order chi connectivity index (χ0) is 15.1. The van der Waals surface area contributed by atoms with Crippen molar-refractivity contribution >= 4 is 29.2 Å². The van der Waals surface area contributed by atoms with Gasteiger partial charge < -0.3 is 15.1 Å². The first-order valence-electron chi connectivity index (χ1n) is 6.35. The molecule has 0 saturated carbocycles. The first-order valence-corrected chi connectivity index (χ1v) is 6.72. The molecule has 6 heteroatoms. The average molecular weight is 300 g/mol. The first-order chi connectivity index (χ1) is 9.40. The molecule has 5 nitrogen and oxygen atoms in total. The van der Waals surface area contributed by atoms with E-state index in [1.165, 1.54) is 0 Å². The van der Waals surface area contributed by atoms with Crippen LogP contribution >= 0.6 is 11.6 Å². The van der Waals surface area contributed by atoms with Gasteiger partial charge in [0.1, 0.15) is 0 Å². The summed E-state index contributed by atoms with van der Waals surface area (Å²) in [4.78, 5) is 23.2. The van der Waals surface area contributed by atoms with Gasteiger partial charge in [0, 0.05) is 30.2 Å². The number of carboxylic acids is 2.